The Morgan fingerprint density at radius 1 is 1.21 bits per heavy atom. The van der Waals surface area contributed by atoms with E-state index in [0.29, 0.717) is 24.6 Å². The summed E-state index contributed by atoms with van der Waals surface area (Å²) in [6.07, 6.45) is 4.58. The van der Waals surface area contributed by atoms with E-state index < -0.39 is 0 Å². The molecular weight excluding hydrogens is 369 g/mol. The summed E-state index contributed by atoms with van der Waals surface area (Å²) in [5, 5.41) is 0. The summed E-state index contributed by atoms with van der Waals surface area (Å²) in [6.45, 7) is 2.15. The lowest BCUT2D eigenvalue weighted by Gasteiger charge is -2.46. The number of benzene rings is 2. The molecule has 5 heteroatoms. The molecule has 2 aliphatic rings. The van der Waals surface area contributed by atoms with Gasteiger partial charge in [-0.3, -0.25) is 4.79 Å². The molecule has 0 bridgehead atoms. The quantitative estimate of drug-likeness (QED) is 0.764. The third-order valence-corrected chi connectivity index (χ3v) is 6.31. The van der Waals surface area contributed by atoms with E-state index in [2.05, 4.69) is 0 Å². The first kappa shape index (κ1) is 19.9. The van der Waals surface area contributed by atoms with Gasteiger partial charge >= 0.3 is 0 Å². The molecule has 0 aromatic heterocycles. The van der Waals surface area contributed by atoms with Gasteiger partial charge in [0, 0.05) is 25.3 Å². The van der Waals surface area contributed by atoms with Crippen molar-refractivity contribution >= 4 is 5.91 Å². The second-order valence-electron chi connectivity index (χ2n) is 8.25. The fourth-order valence-electron chi connectivity index (χ4n) is 4.68. The van der Waals surface area contributed by atoms with E-state index in [0.717, 1.165) is 50.0 Å². The predicted octanol–water partition coefficient (Wildman–Crippen LogP) is 4.48. The van der Waals surface area contributed by atoms with Crippen LogP contribution in [-0.4, -0.2) is 43.2 Å². The van der Waals surface area contributed by atoms with Crippen molar-refractivity contribution in [3.05, 3.63) is 65.5 Å². The number of rotatable bonds is 4. The minimum Gasteiger partial charge on any atom is -0.497 e. The molecule has 1 amide bonds. The largest absolute Gasteiger partial charge is 0.497 e. The highest BCUT2D eigenvalue weighted by Crippen LogP contribution is 2.39. The van der Waals surface area contributed by atoms with Gasteiger partial charge in [-0.25, -0.2) is 4.39 Å². The van der Waals surface area contributed by atoms with Crippen molar-refractivity contribution in [2.75, 3.05) is 26.8 Å². The van der Waals surface area contributed by atoms with Crippen molar-refractivity contribution in [2.24, 2.45) is 5.92 Å². The number of methoxy groups -OCH3 is 1. The van der Waals surface area contributed by atoms with Gasteiger partial charge in [0.05, 0.1) is 12.7 Å². The zero-order chi connectivity index (χ0) is 20.3. The highest BCUT2D eigenvalue weighted by atomic mass is 19.1. The van der Waals surface area contributed by atoms with Gasteiger partial charge in [0.1, 0.15) is 11.6 Å². The van der Waals surface area contributed by atoms with Gasteiger partial charge in [0.15, 0.2) is 0 Å². The fourth-order valence-corrected chi connectivity index (χ4v) is 4.68. The molecule has 2 saturated heterocycles. The van der Waals surface area contributed by atoms with Gasteiger partial charge in [-0.2, -0.15) is 0 Å². The molecule has 2 aromatic rings. The Bertz CT molecular complexity index is 843. The molecule has 2 aromatic carbocycles. The van der Waals surface area contributed by atoms with Gasteiger partial charge in [-0.05, 0) is 80.0 Å². The number of ether oxygens (including phenoxy) is 2. The molecule has 4 nitrogen and oxygen atoms in total. The molecule has 0 aliphatic carbocycles. The van der Waals surface area contributed by atoms with Crippen LogP contribution in [0.5, 0.6) is 5.75 Å². The van der Waals surface area contributed by atoms with E-state index in [-0.39, 0.29) is 17.3 Å². The number of hydrogen-bond acceptors (Lipinski definition) is 3. The van der Waals surface area contributed by atoms with E-state index in [9.17, 15) is 9.18 Å². The average Bonchev–Trinajstić information content (AvgIpc) is 2.74. The summed E-state index contributed by atoms with van der Waals surface area (Å²) < 4.78 is 24.9. The topological polar surface area (TPSA) is 38.8 Å². The van der Waals surface area contributed by atoms with E-state index in [4.69, 9.17) is 9.47 Å². The van der Waals surface area contributed by atoms with Crippen LogP contribution in [-0.2, 0) is 11.2 Å². The Kier molecular flexibility index (Phi) is 5.86. The summed E-state index contributed by atoms with van der Waals surface area (Å²) >= 11 is 0. The third kappa shape index (κ3) is 4.61. The first-order valence-electron chi connectivity index (χ1n) is 10.4. The van der Waals surface area contributed by atoms with Crippen molar-refractivity contribution in [3.8, 4) is 5.75 Å². The lowest BCUT2D eigenvalue weighted by molar-refractivity contribution is -0.123. The average molecular weight is 397 g/mol. The number of likely N-dealkylation sites (tertiary alicyclic amines) is 1. The molecule has 1 unspecified atom stereocenters. The molecule has 2 aliphatic heterocycles. The second kappa shape index (κ2) is 8.54. The van der Waals surface area contributed by atoms with Gasteiger partial charge in [-0.15, -0.1) is 0 Å². The SMILES string of the molecule is COc1ccc(C(=O)N2CCC3(CC2)CC(Cc2cccc(F)c2)CCO3)cc1. The van der Waals surface area contributed by atoms with Crippen molar-refractivity contribution < 1.29 is 18.7 Å². The minimum absolute atomic E-state index is 0.0645. The summed E-state index contributed by atoms with van der Waals surface area (Å²) in [7, 11) is 1.62. The fraction of sp³-hybridized carbons (Fsp3) is 0.458. The Morgan fingerprint density at radius 2 is 1.97 bits per heavy atom. The lowest BCUT2D eigenvalue weighted by Crippen LogP contribution is -2.51. The molecule has 0 N–H and O–H groups in total. The molecule has 2 heterocycles. The number of halogens is 1. The Balaban J connectivity index is 1.35. The van der Waals surface area contributed by atoms with Gasteiger partial charge in [0.2, 0.25) is 0 Å². The lowest BCUT2D eigenvalue weighted by atomic mass is 9.77. The van der Waals surface area contributed by atoms with Crippen LogP contribution in [0.1, 0.15) is 41.6 Å². The van der Waals surface area contributed by atoms with Gasteiger partial charge in [0.25, 0.3) is 5.91 Å². The van der Waals surface area contributed by atoms with E-state index in [1.165, 1.54) is 6.07 Å². The zero-order valence-corrected chi connectivity index (χ0v) is 16.9. The monoisotopic (exact) mass is 397 g/mol. The number of carbonyl (C=O) groups is 1. The van der Waals surface area contributed by atoms with E-state index >= 15 is 0 Å². The summed E-state index contributed by atoms with van der Waals surface area (Å²) in [4.78, 5) is 14.7. The summed E-state index contributed by atoms with van der Waals surface area (Å²) in [6, 6.07) is 14.2. The second-order valence-corrected chi connectivity index (χ2v) is 8.25. The normalized spacial score (nSPS) is 21.2. The first-order chi connectivity index (χ1) is 14.1. The molecule has 29 heavy (non-hydrogen) atoms. The van der Waals surface area contributed by atoms with Crippen LogP contribution in [0.3, 0.4) is 0 Å². The van der Waals surface area contributed by atoms with Crippen LogP contribution < -0.4 is 4.74 Å². The Labute approximate surface area is 171 Å². The minimum atomic E-state index is -0.172. The molecule has 1 atom stereocenters. The standard InChI is InChI=1S/C24H28FNO3/c1-28-22-7-5-20(6-8-22)23(27)26-12-10-24(11-13-26)17-19(9-14-29-24)15-18-3-2-4-21(25)16-18/h2-8,16,19H,9-15,17H2,1H3. The van der Waals surface area contributed by atoms with Crippen molar-refractivity contribution in [3.63, 3.8) is 0 Å². The molecule has 0 radical (unpaired) electrons. The first-order valence-corrected chi connectivity index (χ1v) is 10.4. The number of carbonyl (C=O) groups excluding carboxylic acids is 1. The smallest absolute Gasteiger partial charge is 0.253 e. The van der Waals surface area contributed by atoms with Gasteiger partial charge in [-0.1, -0.05) is 12.1 Å². The Morgan fingerprint density at radius 3 is 2.66 bits per heavy atom. The van der Waals surface area contributed by atoms with E-state index in [1.54, 1.807) is 19.2 Å². The van der Waals surface area contributed by atoms with Crippen molar-refractivity contribution in [1.82, 2.24) is 4.90 Å². The van der Waals surface area contributed by atoms with Crippen LogP contribution >= 0.6 is 0 Å². The maximum atomic E-state index is 13.5. The molecule has 4 rings (SSSR count). The molecule has 0 saturated carbocycles. The van der Waals surface area contributed by atoms with Crippen LogP contribution in [0.25, 0.3) is 0 Å². The highest BCUT2D eigenvalue weighted by Gasteiger charge is 2.41. The number of hydrogen-bond donors (Lipinski definition) is 0. The van der Waals surface area contributed by atoms with Crippen molar-refractivity contribution in [2.45, 2.75) is 37.7 Å². The van der Waals surface area contributed by atoms with Crippen LogP contribution in [0, 0.1) is 11.7 Å². The van der Waals surface area contributed by atoms with Crippen LogP contribution in [0.4, 0.5) is 4.39 Å². The summed E-state index contributed by atoms with van der Waals surface area (Å²) in [5.41, 5.74) is 1.60. The maximum absolute atomic E-state index is 13.5. The number of nitrogens with zero attached hydrogens (tertiary/aromatic N) is 1. The van der Waals surface area contributed by atoms with Gasteiger partial charge < -0.3 is 14.4 Å². The van der Waals surface area contributed by atoms with Crippen LogP contribution in [0.2, 0.25) is 0 Å². The molecule has 2 fully saturated rings. The Hall–Kier alpha value is -2.40. The number of amides is 1. The molecular formula is C24H28FNO3. The zero-order valence-electron chi connectivity index (χ0n) is 16.9. The van der Waals surface area contributed by atoms with Crippen LogP contribution in [0.15, 0.2) is 48.5 Å². The molecule has 154 valence electrons. The van der Waals surface area contributed by atoms with Crippen molar-refractivity contribution in [1.29, 1.82) is 0 Å². The van der Waals surface area contributed by atoms with E-state index in [1.807, 2.05) is 35.2 Å². The number of piperidine rings is 1. The predicted molar refractivity (Wildman–Crippen MR) is 110 cm³/mol. The maximum Gasteiger partial charge on any atom is 0.253 e. The molecule has 1 spiro atoms. The highest BCUT2D eigenvalue weighted by molar-refractivity contribution is 5.94. The summed E-state index contributed by atoms with van der Waals surface area (Å²) in [5.74, 6) is 1.14. The third-order valence-electron chi connectivity index (χ3n) is 6.31.